The molecule has 0 bridgehead atoms. The molecule has 1 saturated heterocycles. The molecule has 0 radical (unpaired) electrons. The maximum Gasteiger partial charge on any atom is 0.169 e. The summed E-state index contributed by atoms with van der Waals surface area (Å²) >= 11 is 0. The second kappa shape index (κ2) is 4.40. The molecule has 1 heterocycles. The molecule has 2 atom stereocenters. The standard InChI is InChI=1S/C10H20O3/c1-4-10(5-8(2)3)12-7-9(6-11)13-10/h8-9,11H,4-7H2,1-3H3. The van der Waals surface area contributed by atoms with Crippen LogP contribution in [0.5, 0.6) is 0 Å². The van der Waals surface area contributed by atoms with Crippen LogP contribution in [-0.4, -0.2) is 30.2 Å². The summed E-state index contributed by atoms with van der Waals surface area (Å²) in [4.78, 5) is 0. The van der Waals surface area contributed by atoms with E-state index in [1.807, 2.05) is 0 Å². The Morgan fingerprint density at radius 1 is 1.54 bits per heavy atom. The summed E-state index contributed by atoms with van der Waals surface area (Å²) < 4.78 is 11.3. The summed E-state index contributed by atoms with van der Waals surface area (Å²) in [6.45, 7) is 6.94. The Bertz CT molecular complexity index is 158. The fraction of sp³-hybridized carbons (Fsp3) is 1.00. The normalized spacial score (nSPS) is 34.4. The lowest BCUT2D eigenvalue weighted by Crippen LogP contribution is -2.32. The molecule has 1 N–H and O–H groups in total. The van der Waals surface area contributed by atoms with Gasteiger partial charge in [-0.3, -0.25) is 0 Å². The lowest BCUT2D eigenvalue weighted by Gasteiger charge is -2.28. The van der Waals surface area contributed by atoms with Crippen LogP contribution >= 0.6 is 0 Å². The van der Waals surface area contributed by atoms with Crippen LogP contribution in [0.4, 0.5) is 0 Å². The third kappa shape index (κ3) is 2.66. The molecule has 0 saturated carbocycles. The molecule has 0 amide bonds. The van der Waals surface area contributed by atoms with E-state index in [0.29, 0.717) is 12.5 Å². The van der Waals surface area contributed by atoms with Gasteiger partial charge in [-0.25, -0.2) is 0 Å². The highest BCUT2D eigenvalue weighted by atomic mass is 16.7. The van der Waals surface area contributed by atoms with Crippen LogP contribution in [0.2, 0.25) is 0 Å². The zero-order chi connectivity index (χ0) is 9.90. The van der Waals surface area contributed by atoms with Crippen molar-refractivity contribution in [3.8, 4) is 0 Å². The summed E-state index contributed by atoms with van der Waals surface area (Å²) in [5.41, 5.74) is 0. The van der Waals surface area contributed by atoms with Crippen LogP contribution in [-0.2, 0) is 9.47 Å². The molecular formula is C10H20O3. The lowest BCUT2D eigenvalue weighted by atomic mass is 10.0. The zero-order valence-corrected chi connectivity index (χ0v) is 8.75. The number of hydrogen-bond acceptors (Lipinski definition) is 3. The van der Waals surface area contributed by atoms with Gasteiger partial charge in [-0.2, -0.15) is 0 Å². The number of aliphatic hydroxyl groups is 1. The summed E-state index contributed by atoms with van der Waals surface area (Å²) in [5.74, 6) is 0.124. The first-order valence-corrected chi connectivity index (χ1v) is 5.04. The lowest BCUT2D eigenvalue weighted by molar-refractivity contribution is -0.183. The second-order valence-corrected chi connectivity index (χ2v) is 4.10. The van der Waals surface area contributed by atoms with Crippen molar-refractivity contribution in [2.24, 2.45) is 5.92 Å². The van der Waals surface area contributed by atoms with E-state index in [1.54, 1.807) is 0 Å². The maximum absolute atomic E-state index is 8.92. The molecule has 0 aromatic heterocycles. The summed E-state index contributed by atoms with van der Waals surface area (Å²) in [7, 11) is 0. The SMILES string of the molecule is CCC1(CC(C)C)OCC(CO)O1. The Hall–Kier alpha value is -0.120. The first-order chi connectivity index (χ1) is 6.12. The Balaban J connectivity index is 2.52. The van der Waals surface area contributed by atoms with Crippen molar-refractivity contribution in [2.75, 3.05) is 13.2 Å². The first kappa shape index (κ1) is 11.0. The van der Waals surface area contributed by atoms with Crippen LogP contribution in [0.3, 0.4) is 0 Å². The molecule has 0 aromatic rings. The van der Waals surface area contributed by atoms with Crippen LogP contribution in [0.15, 0.2) is 0 Å². The molecule has 1 rings (SSSR count). The highest BCUT2D eigenvalue weighted by molar-refractivity contribution is 4.78. The van der Waals surface area contributed by atoms with Crippen molar-refractivity contribution in [2.45, 2.75) is 45.5 Å². The molecule has 13 heavy (non-hydrogen) atoms. The smallest absolute Gasteiger partial charge is 0.169 e. The fourth-order valence-corrected chi connectivity index (χ4v) is 1.77. The van der Waals surface area contributed by atoms with Gasteiger partial charge in [-0.05, 0) is 12.3 Å². The highest BCUT2D eigenvalue weighted by Crippen LogP contribution is 2.32. The van der Waals surface area contributed by atoms with Crippen molar-refractivity contribution in [1.29, 1.82) is 0 Å². The number of ether oxygens (including phenoxy) is 2. The summed E-state index contributed by atoms with van der Waals surface area (Å²) in [6.07, 6.45) is 1.63. The van der Waals surface area contributed by atoms with Gasteiger partial charge in [-0.15, -0.1) is 0 Å². The van der Waals surface area contributed by atoms with Crippen molar-refractivity contribution >= 4 is 0 Å². The van der Waals surface area contributed by atoms with E-state index < -0.39 is 5.79 Å². The van der Waals surface area contributed by atoms with E-state index in [0.717, 1.165) is 12.8 Å². The number of aliphatic hydroxyl groups excluding tert-OH is 1. The van der Waals surface area contributed by atoms with Gasteiger partial charge in [0.2, 0.25) is 0 Å². The first-order valence-electron chi connectivity index (χ1n) is 5.04. The molecule has 0 aromatic carbocycles. The van der Waals surface area contributed by atoms with Gasteiger partial charge in [0.1, 0.15) is 6.10 Å². The van der Waals surface area contributed by atoms with E-state index in [2.05, 4.69) is 20.8 Å². The highest BCUT2D eigenvalue weighted by Gasteiger charge is 2.39. The van der Waals surface area contributed by atoms with E-state index in [9.17, 15) is 0 Å². The second-order valence-electron chi connectivity index (χ2n) is 4.10. The average molecular weight is 188 g/mol. The van der Waals surface area contributed by atoms with Gasteiger partial charge < -0.3 is 14.6 Å². The third-order valence-electron chi connectivity index (χ3n) is 2.38. The predicted molar refractivity (Wildman–Crippen MR) is 50.4 cm³/mol. The largest absolute Gasteiger partial charge is 0.394 e. The van der Waals surface area contributed by atoms with Crippen LogP contribution in [0.1, 0.15) is 33.6 Å². The maximum atomic E-state index is 8.92. The van der Waals surface area contributed by atoms with Gasteiger partial charge >= 0.3 is 0 Å². The number of hydrogen-bond donors (Lipinski definition) is 1. The van der Waals surface area contributed by atoms with Gasteiger partial charge in [-0.1, -0.05) is 20.8 Å². The predicted octanol–water partition coefficient (Wildman–Crippen LogP) is 1.55. The molecule has 1 aliphatic heterocycles. The Kier molecular flexibility index (Phi) is 3.71. The average Bonchev–Trinajstić information content (AvgIpc) is 2.48. The fourth-order valence-electron chi connectivity index (χ4n) is 1.77. The van der Waals surface area contributed by atoms with Crippen LogP contribution < -0.4 is 0 Å². The minimum Gasteiger partial charge on any atom is -0.394 e. The molecule has 1 aliphatic rings. The van der Waals surface area contributed by atoms with Crippen LogP contribution in [0, 0.1) is 5.92 Å². The minimum absolute atomic E-state index is 0.0554. The van der Waals surface area contributed by atoms with Crippen molar-refractivity contribution < 1.29 is 14.6 Å². The minimum atomic E-state index is -0.429. The topological polar surface area (TPSA) is 38.7 Å². The van der Waals surface area contributed by atoms with Crippen molar-refractivity contribution in [1.82, 2.24) is 0 Å². The summed E-state index contributed by atoms with van der Waals surface area (Å²) in [5, 5.41) is 8.92. The molecule has 2 unspecified atom stereocenters. The van der Waals surface area contributed by atoms with E-state index in [4.69, 9.17) is 14.6 Å². The van der Waals surface area contributed by atoms with Gasteiger partial charge in [0.15, 0.2) is 5.79 Å². The van der Waals surface area contributed by atoms with Crippen LogP contribution in [0.25, 0.3) is 0 Å². The Morgan fingerprint density at radius 3 is 2.62 bits per heavy atom. The summed E-state index contributed by atoms with van der Waals surface area (Å²) in [6, 6.07) is 0. The zero-order valence-electron chi connectivity index (χ0n) is 8.75. The van der Waals surface area contributed by atoms with E-state index in [1.165, 1.54) is 0 Å². The molecule has 78 valence electrons. The Labute approximate surface area is 80.0 Å². The van der Waals surface area contributed by atoms with E-state index in [-0.39, 0.29) is 12.7 Å². The quantitative estimate of drug-likeness (QED) is 0.727. The molecule has 3 nitrogen and oxygen atoms in total. The molecular weight excluding hydrogens is 168 g/mol. The molecule has 0 spiro atoms. The Morgan fingerprint density at radius 2 is 2.23 bits per heavy atom. The third-order valence-corrected chi connectivity index (χ3v) is 2.38. The monoisotopic (exact) mass is 188 g/mol. The van der Waals surface area contributed by atoms with Crippen molar-refractivity contribution in [3.63, 3.8) is 0 Å². The van der Waals surface area contributed by atoms with Gasteiger partial charge in [0, 0.05) is 6.42 Å². The number of rotatable bonds is 4. The van der Waals surface area contributed by atoms with Gasteiger partial charge in [0.25, 0.3) is 0 Å². The molecule has 0 aliphatic carbocycles. The molecule has 3 heteroatoms. The van der Waals surface area contributed by atoms with E-state index >= 15 is 0 Å². The van der Waals surface area contributed by atoms with Crippen molar-refractivity contribution in [3.05, 3.63) is 0 Å². The van der Waals surface area contributed by atoms with Gasteiger partial charge in [0.05, 0.1) is 13.2 Å². The molecule has 1 fully saturated rings.